The lowest BCUT2D eigenvalue weighted by molar-refractivity contribution is -0.122. The number of hydrogen-bond donors (Lipinski definition) is 1. The van der Waals surface area contributed by atoms with Crippen molar-refractivity contribution in [3.63, 3.8) is 0 Å². The van der Waals surface area contributed by atoms with Gasteiger partial charge in [0.05, 0.1) is 12.1 Å². The number of nitrogens with zero attached hydrogens (tertiary/aromatic N) is 3. The third-order valence-electron chi connectivity index (χ3n) is 4.62. The van der Waals surface area contributed by atoms with E-state index in [1.807, 2.05) is 13.8 Å². The summed E-state index contributed by atoms with van der Waals surface area (Å²) in [5.74, 6) is -0.733. The molecule has 4 aromatic rings. The zero-order valence-corrected chi connectivity index (χ0v) is 17.2. The number of carbonyl (C=O) groups is 1. The number of halogens is 1. The predicted molar refractivity (Wildman–Crippen MR) is 114 cm³/mol. The number of hydrogen-bond acceptors (Lipinski definition) is 5. The minimum atomic E-state index is -0.598. The van der Waals surface area contributed by atoms with Crippen molar-refractivity contribution < 1.29 is 9.18 Å². The van der Waals surface area contributed by atoms with E-state index in [-0.39, 0.29) is 25.0 Å². The molecule has 0 aliphatic heterocycles. The fraction of sp³-hybridized carbons (Fsp3) is 0.238. The molecule has 1 N–H and O–H groups in total. The molecule has 0 unspecified atom stereocenters. The molecule has 154 valence electrons. The van der Waals surface area contributed by atoms with E-state index in [4.69, 9.17) is 0 Å². The van der Waals surface area contributed by atoms with Crippen molar-refractivity contribution in [2.24, 2.45) is 0 Å². The second-order valence-corrected chi connectivity index (χ2v) is 8.24. The number of fused-ring (bicyclic) bond motifs is 3. The van der Waals surface area contributed by atoms with Gasteiger partial charge in [0.2, 0.25) is 5.91 Å². The Bertz CT molecular complexity index is 1370. The van der Waals surface area contributed by atoms with Crippen LogP contribution >= 0.6 is 11.3 Å². The minimum absolute atomic E-state index is 0.0264. The van der Waals surface area contributed by atoms with Crippen molar-refractivity contribution >= 4 is 37.7 Å². The molecule has 0 saturated carbocycles. The van der Waals surface area contributed by atoms with Crippen LogP contribution in [0.5, 0.6) is 0 Å². The third-order valence-corrected chi connectivity index (χ3v) is 5.71. The molecule has 0 spiro atoms. The second-order valence-electron chi connectivity index (χ2n) is 7.24. The van der Waals surface area contributed by atoms with Crippen molar-refractivity contribution in [3.8, 4) is 0 Å². The number of aromatic nitrogens is 3. The van der Waals surface area contributed by atoms with Gasteiger partial charge in [-0.15, -0.1) is 11.3 Å². The van der Waals surface area contributed by atoms with E-state index in [9.17, 15) is 18.8 Å². The van der Waals surface area contributed by atoms with E-state index in [0.29, 0.717) is 26.0 Å². The van der Waals surface area contributed by atoms with Crippen molar-refractivity contribution in [1.29, 1.82) is 0 Å². The van der Waals surface area contributed by atoms with Crippen LogP contribution in [-0.2, 0) is 17.9 Å². The van der Waals surface area contributed by atoms with Crippen molar-refractivity contribution in [3.05, 3.63) is 74.8 Å². The summed E-state index contributed by atoms with van der Waals surface area (Å²) in [4.78, 5) is 43.8. The molecule has 0 bridgehead atoms. The topological polar surface area (TPSA) is 86.0 Å². The summed E-state index contributed by atoms with van der Waals surface area (Å²) in [5, 5.41) is 3.42. The standard InChI is InChI=1S/C21H19FN4O3S/c1-12(2)24-16(27)11-25-17-15-4-3-9-23-19(15)30-18(17)20(28)26(21(25)29)10-13-5-7-14(22)8-6-13/h3-9,12H,10-11H2,1-2H3,(H,24,27). The predicted octanol–water partition coefficient (Wildman–Crippen LogP) is 2.48. The van der Waals surface area contributed by atoms with Crippen LogP contribution in [0.1, 0.15) is 19.4 Å². The summed E-state index contributed by atoms with van der Waals surface area (Å²) >= 11 is 1.18. The zero-order valence-electron chi connectivity index (χ0n) is 16.4. The molecule has 3 heterocycles. The van der Waals surface area contributed by atoms with Gasteiger partial charge in [-0.2, -0.15) is 0 Å². The molecule has 0 atom stereocenters. The summed E-state index contributed by atoms with van der Waals surface area (Å²) < 4.78 is 16.0. The lowest BCUT2D eigenvalue weighted by Crippen LogP contribution is -2.43. The van der Waals surface area contributed by atoms with Crippen LogP contribution in [0.25, 0.3) is 20.4 Å². The van der Waals surface area contributed by atoms with E-state index < -0.39 is 17.1 Å². The Kier molecular flexibility index (Phi) is 5.21. The fourth-order valence-electron chi connectivity index (χ4n) is 3.35. The fourth-order valence-corrected chi connectivity index (χ4v) is 4.45. The first-order valence-corrected chi connectivity index (χ1v) is 10.2. The molecular formula is C21H19FN4O3S. The number of amides is 1. The molecule has 1 amide bonds. The molecule has 0 fully saturated rings. The second kappa shape index (κ2) is 7.83. The molecule has 9 heteroatoms. The summed E-state index contributed by atoms with van der Waals surface area (Å²) in [5.41, 5.74) is -0.0399. The normalized spacial score (nSPS) is 11.5. The van der Waals surface area contributed by atoms with Gasteiger partial charge in [0.1, 0.15) is 21.9 Å². The van der Waals surface area contributed by atoms with Crippen molar-refractivity contribution in [2.75, 3.05) is 0 Å². The number of thiophene rings is 1. The highest BCUT2D eigenvalue weighted by atomic mass is 32.1. The van der Waals surface area contributed by atoms with Crippen molar-refractivity contribution in [2.45, 2.75) is 33.0 Å². The van der Waals surface area contributed by atoms with Crippen LogP contribution in [0.15, 0.2) is 52.2 Å². The molecule has 4 rings (SSSR count). The van der Waals surface area contributed by atoms with Crippen LogP contribution < -0.4 is 16.6 Å². The van der Waals surface area contributed by atoms with Gasteiger partial charge >= 0.3 is 5.69 Å². The quantitative estimate of drug-likeness (QED) is 0.531. The number of pyridine rings is 1. The van der Waals surface area contributed by atoms with E-state index >= 15 is 0 Å². The van der Waals surface area contributed by atoms with Crippen LogP contribution in [0.4, 0.5) is 4.39 Å². The first kappa shape index (κ1) is 20.0. The molecule has 30 heavy (non-hydrogen) atoms. The largest absolute Gasteiger partial charge is 0.352 e. The Morgan fingerprint density at radius 3 is 2.60 bits per heavy atom. The van der Waals surface area contributed by atoms with Gasteiger partial charge in [-0.3, -0.25) is 18.7 Å². The third kappa shape index (κ3) is 3.63. The highest BCUT2D eigenvalue weighted by molar-refractivity contribution is 7.25. The molecule has 0 aliphatic rings. The van der Waals surface area contributed by atoms with Gasteiger partial charge < -0.3 is 5.32 Å². The molecule has 3 aromatic heterocycles. The highest BCUT2D eigenvalue weighted by Gasteiger charge is 2.20. The SMILES string of the molecule is CC(C)NC(=O)Cn1c(=O)n(Cc2ccc(F)cc2)c(=O)c2sc3ncccc3c21. The Morgan fingerprint density at radius 2 is 1.90 bits per heavy atom. The van der Waals surface area contributed by atoms with E-state index in [0.717, 1.165) is 4.57 Å². The average molecular weight is 426 g/mol. The smallest absolute Gasteiger partial charge is 0.332 e. The number of benzene rings is 1. The lowest BCUT2D eigenvalue weighted by atomic mass is 10.2. The van der Waals surface area contributed by atoms with Gasteiger partial charge in [-0.25, -0.2) is 14.2 Å². The molecular weight excluding hydrogens is 407 g/mol. The van der Waals surface area contributed by atoms with Gasteiger partial charge in [0, 0.05) is 17.6 Å². The summed E-state index contributed by atoms with van der Waals surface area (Å²) in [6.07, 6.45) is 1.61. The van der Waals surface area contributed by atoms with Crippen LogP contribution in [0.3, 0.4) is 0 Å². The Hall–Kier alpha value is -3.33. The van der Waals surface area contributed by atoms with Crippen LogP contribution in [0.2, 0.25) is 0 Å². The van der Waals surface area contributed by atoms with Crippen LogP contribution in [0, 0.1) is 5.82 Å². The van der Waals surface area contributed by atoms with Crippen LogP contribution in [-0.4, -0.2) is 26.1 Å². The minimum Gasteiger partial charge on any atom is -0.352 e. The first-order valence-electron chi connectivity index (χ1n) is 9.40. The van der Waals surface area contributed by atoms with Crippen molar-refractivity contribution in [1.82, 2.24) is 19.4 Å². The van der Waals surface area contributed by atoms with E-state index in [1.165, 1.54) is 40.2 Å². The lowest BCUT2D eigenvalue weighted by Gasteiger charge is -2.14. The Morgan fingerprint density at radius 1 is 1.17 bits per heavy atom. The monoisotopic (exact) mass is 426 g/mol. The maximum Gasteiger partial charge on any atom is 0.332 e. The molecule has 0 aliphatic carbocycles. The zero-order chi connectivity index (χ0) is 21.4. The molecule has 0 saturated heterocycles. The molecule has 1 aromatic carbocycles. The molecule has 7 nitrogen and oxygen atoms in total. The number of nitrogens with one attached hydrogen (secondary N) is 1. The van der Waals surface area contributed by atoms with E-state index in [1.54, 1.807) is 18.3 Å². The highest BCUT2D eigenvalue weighted by Crippen LogP contribution is 2.29. The summed E-state index contributed by atoms with van der Waals surface area (Å²) in [7, 11) is 0. The maximum atomic E-state index is 13.3. The van der Waals surface area contributed by atoms with E-state index in [2.05, 4.69) is 10.3 Å². The summed E-state index contributed by atoms with van der Waals surface area (Å²) in [6, 6.07) is 9.01. The Balaban J connectivity index is 1.95. The van der Waals surface area contributed by atoms with Gasteiger partial charge in [0.25, 0.3) is 5.56 Å². The van der Waals surface area contributed by atoms with Gasteiger partial charge in [-0.1, -0.05) is 12.1 Å². The number of carbonyl (C=O) groups excluding carboxylic acids is 1. The Labute approximate surface area is 174 Å². The average Bonchev–Trinajstić information content (AvgIpc) is 3.09. The first-order chi connectivity index (χ1) is 14.3. The number of rotatable bonds is 5. The molecule has 0 radical (unpaired) electrons. The maximum absolute atomic E-state index is 13.3. The summed E-state index contributed by atoms with van der Waals surface area (Å²) in [6.45, 7) is 3.41. The van der Waals surface area contributed by atoms with Gasteiger partial charge in [0.15, 0.2) is 0 Å². The van der Waals surface area contributed by atoms with Gasteiger partial charge in [-0.05, 0) is 43.7 Å².